The maximum Gasteiger partial charge on any atom is 0.202 e. The third-order valence-electron chi connectivity index (χ3n) is 4.29. The van der Waals surface area contributed by atoms with E-state index < -0.39 is 0 Å². The minimum absolute atomic E-state index is 0. The van der Waals surface area contributed by atoms with Gasteiger partial charge in [0, 0.05) is 24.2 Å². The number of nitrogens with zero attached hydrogens (tertiary/aromatic N) is 1. The zero-order chi connectivity index (χ0) is 17.7. The van der Waals surface area contributed by atoms with E-state index in [0.29, 0.717) is 23.5 Å². The van der Waals surface area contributed by atoms with Gasteiger partial charge < -0.3 is 10.2 Å². The molecule has 2 rings (SSSR count). The zero-order valence-electron chi connectivity index (χ0n) is 14.9. The third kappa shape index (κ3) is 5.28. The van der Waals surface area contributed by atoms with E-state index >= 15 is 0 Å². The third-order valence-corrected chi connectivity index (χ3v) is 5.16. The van der Waals surface area contributed by atoms with Crippen LogP contribution in [-0.4, -0.2) is 41.1 Å². The largest absolute Gasteiger partial charge is 0.507 e. The van der Waals surface area contributed by atoms with E-state index in [4.69, 9.17) is 5.11 Å². The number of rotatable bonds is 8. The molecule has 0 spiro atoms. The van der Waals surface area contributed by atoms with Crippen molar-refractivity contribution in [2.45, 2.75) is 32.7 Å². The molecule has 6 heteroatoms. The van der Waals surface area contributed by atoms with Crippen LogP contribution in [0.15, 0.2) is 29.6 Å². The van der Waals surface area contributed by atoms with Gasteiger partial charge in [-0.1, -0.05) is 19.9 Å². The van der Waals surface area contributed by atoms with Crippen LogP contribution in [0.2, 0.25) is 0 Å². The maximum absolute atomic E-state index is 12.7. The molecular weight excluding hydrogens is 358 g/mol. The Morgan fingerprint density at radius 2 is 2.08 bits per heavy atom. The van der Waals surface area contributed by atoms with Crippen LogP contribution in [0.3, 0.4) is 0 Å². The maximum atomic E-state index is 12.7. The first-order valence-corrected chi connectivity index (χ1v) is 9.09. The first-order valence-electron chi connectivity index (χ1n) is 8.21. The average Bonchev–Trinajstić information content (AvgIpc) is 3.10. The number of benzene rings is 1. The van der Waals surface area contributed by atoms with Gasteiger partial charge in [-0.25, -0.2) is 0 Å². The van der Waals surface area contributed by atoms with E-state index in [0.717, 1.165) is 17.5 Å². The molecule has 0 aliphatic heterocycles. The number of phenolic OH excluding ortho intramolecular Hbond substituents is 1. The molecule has 2 aromatic rings. The molecule has 1 aromatic heterocycles. The highest BCUT2D eigenvalue weighted by Gasteiger charge is 2.19. The van der Waals surface area contributed by atoms with Gasteiger partial charge in [-0.05, 0) is 48.5 Å². The molecule has 0 radical (unpaired) electrons. The first-order chi connectivity index (χ1) is 11.5. The zero-order valence-corrected chi connectivity index (χ0v) is 16.5. The Hall–Kier alpha value is -1.40. The van der Waals surface area contributed by atoms with Crippen molar-refractivity contribution < 1.29 is 15.0 Å². The van der Waals surface area contributed by atoms with Gasteiger partial charge in [0.25, 0.3) is 0 Å². The quantitative estimate of drug-likeness (QED) is 0.675. The van der Waals surface area contributed by atoms with Crippen LogP contribution in [0.5, 0.6) is 5.75 Å². The van der Waals surface area contributed by atoms with Crippen molar-refractivity contribution in [2.75, 3.05) is 20.2 Å². The Balaban J connectivity index is 0.00000312. The van der Waals surface area contributed by atoms with Gasteiger partial charge in [-0.3, -0.25) is 9.69 Å². The molecule has 0 bridgehead atoms. The predicted molar refractivity (Wildman–Crippen MR) is 105 cm³/mol. The van der Waals surface area contributed by atoms with E-state index in [2.05, 4.69) is 13.8 Å². The molecule has 1 atom stereocenters. The number of likely N-dealkylation sites (N-methyl/N-ethyl adjacent to an activating group) is 1. The summed E-state index contributed by atoms with van der Waals surface area (Å²) in [6.45, 7) is 5.18. The van der Waals surface area contributed by atoms with Gasteiger partial charge in [0.15, 0.2) is 0 Å². The van der Waals surface area contributed by atoms with Crippen LogP contribution in [0.4, 0.5) is 0 Å². The Labute approximate surface area is 159 Å². The van der Waals surface area contributed by atoms with Gasteiger partial charge in [0.2, 0.25) is 5.78 Å². The molecule has 2 N–H and O–H groups in total. The molecule has 0 amide bonds. The number of phenols is 1. The minimum atomic E-state index is -0.0133. The summed E-state index contributed by atoms with van der Waals surface area (Å²) in [4.78, 5) is 15.3. The fraction of sp³-hybridized carbons (Fsp3) is 0.421. The molecule has 0 aliphatic carbocycles. The number of aromatic hydroxyl groups is 1. The van der Waals surface area contributed by atoms with Crippen LogP contribution >= 0.6 is 23.7 Å². The van der Waals surface area contributed by atoms with Crippen molar-refractivity contribution in [3.8, 4) is 5.75 Å². The van der Waals surface area contributed by atoms with Crippen molar-refractivity contribution in [3.05, 3.63) is 51.2 Å². The molecule has 1 heterocycles. The van der Waals surface area contributed by atoms with E-state index in [-0.39, 0.29) is 36.5 Å². The van der Waals surface area contributed by atoms with Crippen molar-refractivity contribution in [2.24, 2.45) is 0 Å². The summed E-state index contributed by atoms with van der Waals surface area (Å²) in [5.74, 6) is 0.417. The second kappa shape index (κ2) is 9.92. The van der Waals surface area contributed by atoms with Gasteiger partial charge in [-0.15, -0.1) is 23.7 Å². The molecule has 0 saturated carbocycles. The molecule has 0 saturated heterocycles. The van der Waals surface area contributed by atoms with Gasteiger partial charge >= 0.3 is 0 Å². The number of thiophene rings is 1. The van der Waals surface area contributed by atoms with Crippen molar-refractivity contribution >= 4 is 29.5 Å². The van der Waals surface area contributed by atoms with E-state index in [1.54, 1.807) is 6.07 Å². The highest BCUT2D eigenvalue weighted by atomic mass is 35.5. The molecule has 1 unspecified atom stereocenters. The predicted octanol–water partition coefficient (Wildman–Crippen LogP) is 4.04. The smallest absolute Gasteiger partial charge is 0.202 e. The number of aliphatic hydroxyl groups excluding tert-OH is 1. The topological polar surface area (TPSA) is 60.8 Å². The summed E-state index contributed by atoms with van der Waals surface area (Å²) in [7, 11) is 1.88. The van der Waals surface area contributed by atoms with Gasteiger partial charge in [-0.2, -0.15) is 0 Å². The van der Waals surface area contributed by atoms with E-state index in [9.17, 15) is 9.90 Å². The van der Waals surface area contributed by atoms with E-state index in [1.807, 2.05) is 35.5 Å². The van der Waals surface area contributed by atoms with Crippen LogP contribution in [-0.2, 0) is 6.54 Å². The lowest BCUT2D eigenvalue weighted by Gasteiger charge is -2.20. The highest BCUT2D eigenvalue weighted by Crippen LogP contribution is 2.34. The summed E-state index contributed by atoms with van der Waals surface area (Å²) in [6.07, 6.45) is 0.885. The number of hydrogen-bond donors (Lipinski definition) is 2. The normalized spacial score (nSPS) is 12.0. The van der Waals surface area contributed by atoms with Gasteiger partial charge in [0.1, 0.15) is 5.75 Å². The fourth-order valence-corrected chi connectivity index (χ4v) is 3.34. The number of halogens is 1. The lowest BCUT2D eigenvalue weighted by Crippen LogP contribution is -2.22. The molecule has 0 fully saturated rings. The Morgan fingerprint density at radius 3 is 2.64 bits per heavy atom. The number of aliphatic hydroxyl groups is 1. The monoisotopic (exact) mass is 383 g/mol. The van der Waals surface area contributed by atoms with Crippen LogP contribution < -0.4 is 0 Å². The fourth-order valence-electron chi connectivity index (χ4n) is 2.66. The Bertz CT molecular complexity index is 688. The Morgan fingerprint density at radius 1 is 1.36 bits per heavy atom. The second-order valence-corrected chi connectivity index (χ2v) is 7.10. The van der Waals surface area contributed by atoms with Crippen LogP contribution in [0, 0.1) is 0 Å². The van der Waals surface area contributed by atoms with Crippen LogP contribution in [0.1, 0.15) is 52.5 Å². The summed E-state index contributed by atoms with van der Waals surface area (Å²) in [5.41, 5.74) is 2.15. The standard InChI is InChI=1S/C19H25NO3S.ClH/c1-4-13(2)16-11-14(19(23)17-6-5-9-24-17)10-15(18(16)22)12-20(3)7-8-21;/h5-6,9-11,13,21-22H,4,7-8,12H2,1-3H3;1H. The highest BCUT2D eigenvalue weighted by molar-refractivity contribution is 7.12. The minimum Gasteiger partial charge on any atom is -0.507 e. The molecule has 4 nitrogen and oxygen atoms in total. The Kier molecular flexibility index (Phi) is 8.59. The molecule has 1 aromatic carbocycles. The summed E-state index contributed by atoms with van der Waals surface area (Å²) in [6, 6.07) is 7.28. The van der Waals surface area contributed by atoms with E-state index in [1.165, 1.54) is 11.3 Å². The lowest BCUT2D eigenvalue weighted by atomic mass is 9.91. The van der Waals surface area contributed by atoms with Crippen molar-refractivity contribution in [3.63, 3.8) is 0 Å². The summed E-state index contributed by atoms with van der Waals surface area (Å²) >= 11 is 1.42. The number of hydrogen-bond acceptors (Lipinski definition) is 5. The van der Waals surface area contributed by atoms with Crippen molar-refractivity contribution in [1.29, 1.82) is 0 Å². The number of carbonyl (C=O) groups excluding carboxylic acids is 1. The van der Waals surface area contributed by atoms with Gasteiger partial charge in [0.05, 0.1) is 11.5 Å². The summed E-state index contributed by atoms with van der Waals surface area (Å²) in [5, 5.41) is 21.6. The summed E-state index contributed by atoms with van der Waals surface area (Å²) < 4.78 is 0. The number of carbonyl (C=O) groups is 1. The molecule has 25 heavy (non-hydrogen) atoms. The molecular formula is C19H26ClNO3S. The second-order valence-electron chi connectivity index (χ2n) is 6.15. The number of ketones is 1. The molecule has 138 valence electrons. The SMILES string of the molecule is CCC(C)c1cc(C(=O)c2cccs2)cc(CN(C)CCO)c1O.Cl. The lowest BCUT2D eigenvalue weighted by molar-refractivity contribution is 0.104. The first kappa shape index (κ1) is 21.6. The van der Waals surface area contributed by atoms with Crippen LogP contribution in [0.25, 0.3) is 0 Å². The average molecular weight is 384 g/mol. The molecule has 0 aliphatic rings. The van der Waals surface area contributed by atoms with Crippen molar-refractivity contribution in [1.82, 2.24) is 4.90 Å².